The summed E-state index contributed by atoms with van der Waals surface area (Å²) >= 11 is 0. The summed E-state index contributed by atoms with van der Waals surface area (Å²) in [6.45, 7) is 0. The number of nitrogens with zero attached hydrogens (tertiary/aromatic N) is 2. The summed E-state index contributed by atoms with van der Waals surface area (Å²) in [5.74, 6) is -0.972. The molecule has 1 aromatic heterocycles. The molecule has 0 bridgehead atoms. The van der Waals surface area contributed by atoms with Crippen molar-refractivity contribution in [3.05, 3.63) is 64.8 Å². The molecule has 1 aliphatic carbocycles. The highest BCUT2D eigenvalue weighted by Gasteiger charge is 2.39. The van der Waals surface area contributed by atoms with Gasteiger partial charge in [-0.3, -0.25) is 0 Å². The summed E-state index contributed by atoms with van der Waals surface area (Å²) in [6, 6.07) is 1.12. The summed E-state index contributed by atoms with van der Waals surface area (Å²) in [6.07, 6.45) is -15.6. The van der Waals surface area contributed by atoms with Gasteiger partial charge in [-0.05, 0) is 54.8 Å². The third-order valence-corrected chi connectivity index (χ3v) is 6.73. The second kappa shape index (κ2) is 11.3. The Morgan fingerprint density at radius 1 is 0.548 bits per heavy atom. The van der Waals surface area contributed by atoms with Crippen LogP contribution in [-0.4, -0.2) is 16.0 Å². The van der Waals surface area contributed by atoms with E-state index in [0.29, 0.717) is 37.1 Å². The van der Waals surface area contributed by atoms with E-state index in [9.17, 15) is 52.7 Å². The first-order valence-corrected chi connectivity index (χ1v) is 12.6. The molecule has 0 saturated heterocycles. The molecule has 1 N–H and O–H groups in total. The normalized spacial score (nSPS) is 15.9. The van der Waals surface area contributed by atoms with Gasteiger partial charge >= 0.3 is 24.7 Å². The van der Waals surface area contributed by atoms with E-state index in [-0.39, 0.29) is 29.6 Å². The van der Waals surface area contributed by atoms with Crippen molar-refractivity contribution < 1.29 is 52.7 Å². The fourth-order valence-corrected chi connectivity index (χ4v) is 4.65. The first-order valence-electron chi connectivity index (χ1n) is 12.6. The molecule has 42 heavy (non-hydrogen) atoms. The third kappa shape index (κ3) is 7.46. The molecule has 1 aliphatic rings. The van der Waals surface area contributed by atoms with Gasteiger partial charge in [0.2, 0.25) is 0 Å². The Kier molecular flexibility index (Phi) is 8.44. The SMILES string of the molecule is FC(F)(F)c1cc(-c2ncc(-c3cc(C(F)(F)F)cc(C(F)(F)F)c3)c(NC3CCCCCC3)n2)cc(C(F)(F)F)c1. The lowest BCUT2D eigenvalue weighted by atomic mass is 9.99. The zero-order valence-corrected chi connectivity index (χ0v) is 21.3. The number of hydrogen-bond acceptors (Lipinski definition) is 3. The van der Waals surface area contributed by atoms with Gasteiger partial charge in [0, 0.05) is 23.4 Å². The van der Waals surface area contributed by atoms with Gasteiger partial charge in [-0.2, -0.15) is 52.7 Å². The monoisotopic (exact) mass is 615 g/mol. The van der Waals surface area contributed by atoms with Crippen LogP contribution in [0.5, 0.6) is 0 Å². The Labute approximate surface area is 231 Å². The standard InChI is InChI=1S/C27H21F12N3/c28-24(29,30)16-7-14(8-17(11-16)25(31,32)33)21-13-40-22(42-23(21)41-20-5-3-1-2-4-6-20)15-9-18(26(34,35)36)12-19(10-15)27(37,38)39/h7-13,20H,1-6H2,(H,40,41,42). The van der Waals surface area contributed by atoms with Gasteiger partial charge in [0.05, 0.1) is 22.3 Å². The maximum atomic E-state index is 13.5. The summed E-state index contributed by atoms with van der Waals surface area (Å²) in [7, 11) is 0. The van der Waals surface area contributed by atoms with E-state index in [2.05, 4.69) is 15.3 Å². The van der Waals surface area contributed by atoms with Crippen molar-refractivity contribution in [1.29, 1.82) is 0 Å². The van der Waals surface area contributed by atoms with E-state index in [4.69, 9.17) is 0 Å². The van der Waals surface area contributed by atoms with E-state index in [0.717, 1.165) is 31.9 Å². The van der Waals surface area contributed by atoms with E-state index < -0.39 is 63.9 Å². The van der Waals surface area contributed by atoms with Crippen LogP contribution in [0, 0.1) is 0 Å². The minimum Gasteiger partial charge on any atom is -0.367 e. The molecule has 3 aromatic rings. The van der Waals surface area contributed by atoms with Crippen LogP contribution >= 0.6 is 0 Å². The quantitative estimate of drug-likeness (QED) is 0.235. The van der Waals surface area contributed by atoms with Crippen LogP contribution in [0.4, 0.5) is 58.5 Å². The summed E-state index contributed by atoms with van der Waals surface area (Å²) in [5.41, 5.74) is -8.18. The smallest absolute Gasteiger partial charge is 0.367 e. The number of alkyl halides is 12. The summed E-state index contributed by atoms with van der Waals surface area (Å²) < 4.78 is 162. The topological polar surface area (TPSA) is 37.8 Å². The van der Waals surface area contributed by atoms with Crippen LogP contribution in [0.15, 0.2) is 42.6 Å². The Morgan fingerprint density at radius 2 is 0.952 bits per heavy atom. The first-order chi connectivity index (χ1) is 19.3. The molecule has 1 fully saturated rings. The average molecular weight is 615 g/mol. The lowest BCUT2D eigenvalue weighted by Crippen LogP contribution is -2.20. The highest BCUT2D eigenvalue weighted by atomic mass is 19.4. The molecule has 0 amide bonds. The lowest BCUT2D eigenvalue weighted by molar-refractivity contribution is -0.144. The third-order valence-electron chi connectivity index (χ3n) is 6.73. The lowest BCUT2D eigenvalue weighted by Gasteiger charge is -2.21. The van der Waals surface area contributed by atoms with Crippen LogP contribution < -0.4 is 5.32 Å². The highest BCUT2D eigenvalue weighted by Crippen LogP contribution is 2.42. The van der Waals surface area contributed by atoms with Gasteiger partial charge in [-0.15, -0.1) is 0 Å². The largest absolute Gasteiger partial charge is 0.416 e. The van der Waals surface area contributed by atoms with Crippen molar-refractivity contribution in [3.8, 4) is 22.5 Å². The second-order valence-electron chi connectivity index (χ2n) is 9.88. The molecular weight excluding hydrogens is 594 g/mol. The molecule has 0 atom stereocenters. The summed E-state index contributed by atoms with van der Waals surface area (Å²) in [5, 5.41) is 2.95. The van der Waals surface area contributed by atoms with E-state index in [1.807, 2.05) is 0 Å². The van der Waals surface area contributed by atoms with E-state index in [1.54, 1.807) is 0 Å². The zero-order chi connectivity index (χ0) is 31.1. The minimum absolute atomic E-state index is 0.0710. The predicted octanol–water partition coefficient (Wildman–Crippen LogP) is 10.0. The van der Waals surface area contributed by atoms with Crippen LogP contribution in [0.25, 0.3) is 22.5 Å². The van der Waals surface area contributed by atoms with Crippen molar-refractivity contribution in [3.63, 3.8) is 0 Å². The molecule has 0 spiro atoms. The maximum absolute atomic E-state index is 13.5. The molecule has 15 heteroatoms. The Bertz CT molecular complexity index is 1350. The number of anilines is 1. The fraction of sp³-hybridized carbons (Fsp3) is 0.407. The molecule has 1 saturated carbocycles. The number of halogens is 12. The molecule has 0 unspecified atom stereocenters. The average Bonchev–Trinajstić information content (AvgIpc) is 3.15. The molecule has 228 valence electrons. The maximum Gasteiger partial charge on any atom is 0.416 e. The molecule has 3 nitrogen and oxygen atoms in total. The zero-order valence-electron chi connectivity index (χ0n) is 21.3. The Morgan fingerprint density at radius 3 is 1.36 bits per heavy atom. The second-order valence-corrected chi connectivity index (χ2v) is 9.88. The van der Waals surface area contributed by atoms with Crippen LogP contribution in [-0.2, 0) is 24.7 Å². The van der Waals surface area contributed by atoms with Crippen molar-refractivity contribution in [2.75, 3.05) is 5.32 Å². The number of rotatable bonds is 4. The number of benzene rings is 2. The van der Waals surface area contributed by atoms with Gasteiger partial charge in [-0.1, -0.05) is 25.7 Å². The molecular formula is C27H21F12N3. The van der Waals surface area contributed by atoms with Crippen LogP contribution in [0.3, 0.4) is 0 Å². The molecule has 0 aliphatic heterocycles. The van der Waals surface area contributed by atoms with Gasteiger partial charge in [0.1, 0.15) is 5.82 Å². The Hall–Kier alpha value is -3.52. The van der Waals surface area contributed by atoms with Gasteiger partial charge in [-0.25, -0.2) is 9.97 Å². The highest BCUT2D eigenvalue weighted by molar-refractivity contribution is 5.77. The molecule has 4 rings (SSSR count). The predicted molar refractivity (Wildman–Crippen MR) is 128 cm³/mol. The number of aromatic nitrogens is 2. The fourth-order valence-electron chi connectivity index (χ4n) is 4.65. The molecule has 0 radical (unpaired) electrons. The van der Waals surface area contributed by atoms with Crippen LogP contribution in [0.1, 0.15) is 60.8 Å². The van der Waals surface area contributed by atoms with Gasteiger partial charge < -0.3 is 5.32 Å². The van der Waals surface area contributed by atoms with Crippen molar-refractivity contribution in [1.82, 2.24) is 9.97 Å². The molecule has 2 aromatic carbocycles. The van der Waals surface area contributed by atoms with Gasteiger partial charge in [0.25, 0.3) is 0 Å². The van der Waals surface area contributed by atoms with Crippen molar-refractivity contribution >= 4 is 5.82 Å². The first kappa shape index (κ1) is 31.4. The van der Waals surface area contributed by atoms with Crippen molar-refractivity contribution in [2.24, 2.45) is 0 Å². The minimum atomic E-state index is -5.18. The number of nitrogens with one attached hydrogen (secondary N) is 1. The summed E-state index contributed by atoms with van der Waals surface area (Å²) in [4.78, 5) is 7.83. The van der Waals surface area contributed by atoms with Crippen molar-refractivity contribution in [2.45, 2.75) is 69.3 Å². The Balaban J connectivity index is 1.93. The van der Waals surface area contributed by atoms with Gasteiger partial charge in [0.15, 0.2) is 5.82 Å². The van der Waals surface area contributed by atoms with E-state index in [1.165, 1.54) is 0 Å². The number of hydrogen-bond donors (Lipinski definition) is 1. The van der Waals surface area contributed by atoms with E-state index >= 15 is 0 Å². The molecule has 1 heterocycles. The van der Waals surface area contributed by atoms with Crippen LogP contribution in [0.2, 0.25) is 0 Å².